The van der Waals surface area contributed by atoms with Gasteiger partial charge >= 0.3 is 0 Å². The first-order valence-electron chi connectivity index (χ1n) is 9.77. The van der Waals surface area contributed by atoms with Crippen LogP contribution in [0.5, 0.6) is 0 Å². The molecule has 1 saturated heterocycles. The third-order valence-electron chi connectivity index (χ3n) is 6.03. The van der Waals surface area contributed by atoms with Crippen molar-refractivity contribution < 1.29 is 18.8 Å². The van der Waals surface area contributed by atoms with Gasteiger partial charge in [-0.05, 0) is 72.6 Å². The zero-order valence-electron chi connectivity index (χ0n) is 15.5. The first kappa shape index (κ1) is 19.2. The number of nitrogens with zero attached hydrogens (tertiary/aromatic N) is 1. The van der Waals surface area contributed by atoms with Crippen LogP contribution in [0.3, 0.4) is 0 Å². The fraction of sp³-hybridized carbons (Fsp3) is 0.476. The predicted molar refractivity (Wildman–Crippen MR) is 106 cm³/mol. The van der Waals surface area contributed by atoms with Crippen LogP contribution in [0, 0.1) is 23.6 Å². The number of nitrogens with one attached hydrogen (secondary N) is 1. The van der Waals surface area contributed by atoms with E-state index in [4.69, 9.17) is 0 Å². The minimum absolute atomic E-state index is 0.00590. The smallest absolute Gasteiger partial charge is 0.293 e. The highest BCUT2D eigenvalue weighted by molar-refractivity contribution is 8.18. The Kier molecular flexibility index (Phi) is 5.53. The second-order valence-electron chi connectivity index (χ2n) is 7.87. The highest BCUT2D eigenvalue weighted by Gasteiger charge is 2.40. The molecule has 2 aliphatic carbocycles. The molecule has 3 atom stereocenters. The summed E-state index contributed by atoms with van der Waals surface area (Å²) in [6.07, 6.45) is 7.13. The standard InChI is InChI=1S/C21H23FN2O3S/c22-17-5-2-13(3-6-17)11-18-20(26)24(21(27)28-18)8-7-23-19(25)12-16-10-14-1-4-15(16)9-14/h2-3,5-6,11,14-16H,1,4,7-10,12H2,(H,23,25)/b18-11-/t14-,15-,16+/m1/s1. The van der Waals surface area contributed by atoms with E-state index in [-0.39, 0.29) is 36.0 Å². The minimum atomic E-state index is -0.373. The lowest BCUT2D eigenvalue weighted by Gasteiger charge is -2.21. The molecule has 1 aromatic carbocycles. The van der Waals surface area contributed by atoms with E-state index in [0.717, 1.165) is 29.0 Å². The lowest BCUT2D eigenvalue weighted by Crippen LogP contribution is -2.38. The second-order valence-corrected chi connectivity index (χ2v) is 8.87. The predicted octanol–water partition coefficient (Wildman–Crippen LogP) is 3.80. The van der Waals surface area contributed by atoms with Gasteiger partial charge in [0, 0.05) is 19.5 Å². The largest absolute Gasteiger partial charge is 0.354 e. The Morgan fingerprint density at radius 1 is 1.21 bits per heavy atom. The van der Waals surface area contributed by atoms with Gasteiger partial charge in [-0.3, -0.25) is 19.3 Å². The first-order valence-corrected chi connectivity index (χ1v) is 10.6. The van der Waals surface area contributed by atoms with Crippen LogP contribution in [0.2, 0.25) is 0 Å². The van der Waals surface area contributed by atoms with Crippen LogP contribution in [0.4, 0.5) is 9.18 Å². The maximum Gasteiger partial charge on any atom is 0.293 e. The Balaban J connectivity index is 1.26. The van der Waals surface area contributed by atoms with Crippen molar-refractivity contribution in [2.75, 3.05) is 13.1 Å². The van der Waals surface area contributed by atoms with E-state index in [9.17, 15) is 18.8 Å². The van der Waals surface area contributed by atoms with E-state index < -0.39 is 0 Å². The molecule has 0 unspecified atom stereocenters. The van der Waals surface area contributed by atoms with Crippen molar-refractivity contribution in [3.05, 3.63) is 40.6 Å². The van der Waals surface area contributed by atoms with Gasteiger partial charge in [0.15, 0.2) is 0 Å². The molecule has 5 nitrogen and oxygen atoms in total. The Bertz CT molecular complexity index is 823. The molecule has 3 fully saturated rings. The Hall–Kier alpha value is -2.15. The van der Waals surface area contributed by atoms with Crippen molar-refractivity contribution in [1.29, 1.82) is 0 Å². The highest BCUT2D eigenvalue weighted by Crippen LogP contribution is 2.49. The van der Waals surface area contributed by atoms with Gasteiger partial charge in [0.25, 0.3) is 11.1 Å². The number of carbonyl (C=O) groups is 3. The van der Waals surface area contributed by atoms with E-state index in [1.165, 1.54) is 31.4 Å². The monoisotopic (exact) mass is 402 g/mol. The van der Waals surface area contributed by atoms with Crippen molar-refractivity contribution in [1.82, 2.24) is 10.2 Å². The number of hydrogen-bond donors (Lipinski definition) is 1. The van der Waals surface area contributed by atoms with E-state index in [2.05, 4.69) is 5.32 Å². The molecule has 3 aliphatic rings. The van der Waals surface area contributed by atoms with Crippen LogP contribution in [0.25, 0.3) is 6.08 Å². The molecule has 4 rings (SSSR count). The Labute approximate surface area is 167 Å². The van der Waals surface area contributed by atoms with Crippen molar-refractivity contribution in [2.24, 2.45) is 17.8 Å². The third kappa shape index (κ3) is 4.14. The lowest BCUT2D eigenvalue weighted by molar-refractivity contribution is -0.124. The molecule has 0 spiro atoms. The number of thioether (sulfide) groups is 1. The van der Waals surface area contributed by atoms with Gasteiger partial charge in [-0.25, -0.2) is 4.39 Å². The lowest BCUT2D eigenvalue weighted by atomic mass is 9.86. The third-order valence-corrected chi connectivity index (χ3v) is 6.94. The van der Waals surface area contributed by atoms with Gasteiger partial charge in [0.05, 0.1) is 4.91 Å². The van der Waals surface area contributed by atoms with E-state index in [1.807, 2.05) is 0 Å². The van der Waals surface area contributed by atoms with Crippen molar-refractivity contribution in [3.63, 3.8) is 0 Å². The summed E-state index contributed by atoms with van der Waals surface area (Å²) >= 11 is 0.866. The molecular formula is C21H23FN2O3S. The van der Waals surface area contributed by atoms with Crippen LogP contribution in [0.1, 0.15) is 37.7 Å². The average Bonchev–Trinajstić information content (AvgIpc) is 3.35. The summed E-state index contributed by atoms with van der Waals surface area (Å²) in [5.41, 5.74) is 0.658. The summed E-state index contributed by atoms with van der Waals surface area (Å²) in [4.78, 5) is 38.3. The van der Waals surface area contributed by atoms with Gasteiger partial charge < -0.3 is 5.32 Å². The van der Waals surface area contributed by atoms with Gasteiger partial charge in [-0.15, -0.1) is 0 Å². The fourth-order valence-corrected chi connectivity index (χ4v) is 5.51. The van der Waals surface area contributed by atoms with Crippen LogP contribution in [-0.2, 0) is 9.59 Å². The molecule has 7 heteroatoms. The number of imide groups is 1. The van der Waals surface area contributed by atoms with E-state index >= 15 is 0 Å². The number of halogens is 1. The number of benzene rings is 1. The van der Waals surface area contributed by atoms with E-state index in [1.54, 1.807) is 18.2 Å². The van der Waals surface area contributed by atoms with Crippen molar-refractivity contribution >= 4 is 34.9 Å². The van der Waals surface area contributed by atoms with Gasteiger partial charge in [-0.1, -0.05) is 18.6 Å². The zero-order valence-corrected chi connectivity index (χ0v) is 16.3. The molecule has 1 heterocycles. The molecule has 1 N–H and O–H groups in total. The number of carbonyl (C=O) groups excluding carboxylic acids is 3. The normalized spacial score (nSPS) is 27.8. The quantitative estimate of drug-likeness (QED) is 0.735. The average molecular weight is 402 g/mol. The number of fused-ring (bicyclic) bond motifs is 2. The summed E-state index contributed by atoms with van der Waals surface area (Å²) in [5, 5.41) is 2.51. The van der Waals surface area contributed by atoms with E-state index in [0.29, 0.717) is 28.7 Å². The van der Waals surface area contributed by atoms with Crippen LogP contribution in [0.15, 0.2) is 29.2 Å². The number of rotatable bonds is 6. The maximum atomic E-state index is 13.0. The van der Waals surface area contributed by atoms with Gasteiger partial charge in [-0.2, -0.15) is 0 Å². The Morgan fingerprint density at radius 2 is 2.00 bits per heavy atom. The summed E-state index contributed by atoms with van der Waals surface area (Å²) in [6.45, 7) is 0.426. The van der Waals surface area contributed by atoms with Crippen LogP contribution >= 0.6 is 11.8 Å². The molecule has 2 bridgehead atoms. The Morgan fingerprint density at radius 3 is 2.68 bits per heavy atom. The molecule has 1 aromatic rings. The number of amides is 3. The topological polar surface area (TPSA) is 66.5 Å². The van der Waals surface area contributed by atoms with Gasteiger partial charge in [0.2, 0.25) is 5.91 Å². The molecule has 28 heavy (non-hydrogen) atoms. The maximum absolute atomic E-state index is 13.0. The summed E-state index contributed by atoms with van der Waals surface area (Å²) in [7, 11) is 0. The fourth-order valence-electron chi connectivity index (χ4n) is 4.65. The van der Waals surface area contributed by atoms with Gasteiger partial charge in [0.1, 0.15) is 5.82 Å². The molecule has 148 valence electrons. The molecular weight excluding hydrogens is 379 g/mol. The number of hydrogen-bond acceptors (Lipinski definition) is 4. The SMILES string of the molecule is O=C(C[C@@H]1C[C@@H]2CC[C@@H]1C2)NCCN1C(=O)S/C(=C\c2ccc(F)cc2)C1=O. The minimum Gasteiger partial charge on any atom is -0.354 e. The molecule has 1 aliphatic heterocycles. The summed E-state index contributed by atoms with van der Waals surface area (Å²) < 4.78 is 13.0. The molecule has 2 saturated carbocycles. The van der Waals surface area contributed by atoms with Crippen molar-refractivity contribution in [2.45, 2.75) is 32.1 Å². The van der Waals surface area contributed by atoms with Crippen LogP contribution in [-0.4, -0.2) is 35.0 Å². The highest BCUT2D eigenvalue weighted by atomic mass is 32.2. The summed E-state index contributed by atoms with van der Waals surface area (Å²) in [5.74, 6) is 1.29. The first-order chi connectivity index (χ1) is 13.5. The molecule has 3 amide bonds. The molecule has 0 aromatic heterocycles. The van der Waals surface area contributed by atoms with Crippen LogP contribution < -0.4 is 5.32 Å². The zero-order chi connectivity index (χ0) is 19.7. The second kappa shape index (κ2) is 8.07. The molecule has 0 radical (unpaired) electrons. The van der Waals surface area contributed by atoms with Crippen molar-refractivity contribution in [3.8, 4) is 0 Å². The summed E-state index contributed by atoms with van der Waals surface area (Å²) in [6, 6.07) is 5.72.